The van der Waals surface area contributed by atoms with Crippen LogP contribution in [0.2, 0.25) is 0 Å². The van der Waals surface area contributed by atoms with E-state index in [2.05, 4.69) is 0 Å². The van der Waals surface area contributed by atoms with Crippen molar-refractivity contribution in [3.8, 4) is 0 Å². The van der Waals surface area contributed by atoms with Crippen molar-refractivity contribution in [2.45, 2.75) is 26.4 Å². The molecule has 0 saturated carbocycles. The zero-order valence-electron chi connectivity index (χ0n) is 15.6. The lowest BCUT2D eigenvalue weighted by Gasteiger charge is -2.23. The fraction of sp³-hybridized carbons (Fsp3) is 0.286. The Morgan fingerprint density at radius 1 is 0.889 bits per heavy atom. The van der Waals surface area contributed by atoms with E-state index in [-0.39, 0.29) is 23.8 Å². The standard InChI is InChI=1S/C21H24N2O4/c1-16(24)23(15-17-6-4-3-5-7-17)13-12-20(25)22(2)14-18-8-10-19(11-9-18)21(26)27/h3-11H,12-15H2,1-2H3,(H,26,27). The Balaban J connectivity index is 1.88. The Hall–Kier alpha value is -3.15. The van der Waals surface area contributed by atoms with Gasteiger partial charge in [-0.1, -0.05) is 42.5 Å². The molecule has 0 aliphatic carbocycles. The molecule has 2 rings (SSSR count). The van der Waals surface area contributed by atoms with Gasteiger partial charge in [0.05, 0.1) is 5.56 Å². The van der Waals surface area contributed by atoms with Crippen LogP contribution in [0.4, 0.5) is 0 Å². The fourth-order valence-electron chi connectivity index (χ4n) is 2.69. The second kappa shape index (κ2) is 9.52. The summed E-state index contributed by atoms with van der Waals surface area (Å²) in [6.07, 6.45) is 0.232. The molecular weight excluding hydrogens is 344 g/mol. The quantitative estimate of drug-likeness (QED) is 0.777. The van der Waals surface area contributed by atoms with Gasteiger partial charge in [-0.05, 0) is 23.3 Å². The predicted molar refractivity (Wildman–Crippen MR) is 102 cm³/mol. The number of hydrogen-bond acceptors (Lipinski definition) is 3. The van der Waals surface area contributed by atoms with Gasteiger partial charge in [-0.25, -0.2) is 4.79 Å². The Morgan fingerprint density at radius 3 is 2.04 bits per heavy atom. The third kappa shape index (κ3) is 6.26. The van der Waals surface area contributed by atoms with E-state index in [9.17, 15) is 14.4 Å². The van der Waals surface area contributed by atoms with Gasteiger partial charge in [-0.2, -0.15) is 0 Å². The number of benzene rings is 2. The normalized spacial score (nSPS) is 10.3. The number of amides is 2. The Bertz CT molecular complexity index is 788. The summed E-state index contributed by atoms with van der Waals surface area (Å²) in [6, 6.07) is 16.1. The zero-order chi connectivity index (χ0) is 19.8. The van der Waals surface area contributed by atoms with Crippen LogP contribution in [0.3, 0.4) is 0 Å². The SMILES string of the molecule is CC(=O)N(CCC(=O)N(C)Cc1ccc(C(=O)O)cc1)Cc1ccccc1. The van der Waals surface area contributed by atoms with Crippen molar-refractivity contribution in [3.63, 3.8) is 0 Å². The average molecular weight is 368 g/mol. The van der Waals surface area contributed by atoms with Crippen molar-refractivity contribution >= 4 is 17.8 Å². The Labute approximate surface area is 159 Å². The van der Waals surface area contributed by atoms with Crippen LogP contribution in [-0.2, 0) is 22.7 Å². The van der Waals surface area contributed by atoms with E-state index in [4.69, 9.17) is 5.11 Å². The number of rotatable bonds is 8. The first kappa shape index (κ1) is 20.2. The van der Waals surface area contributed by atoms with Crippen LogP contribution in [0, 0.1) is 0 Å². The van der Waals surface area contributed by atoms with Crippen LogP contribution >= 0.6 is 0 Å². The lowest BCUT2D eigenvalue weighted by Crippen LogP contribution is -2.34. The van der Waals surface area contributed by atoms with Gasteiger partial charge < -0.3 is 14.9 Å². The van der Waals surface area contributed by atoms with E-state index in [0.717, 1.165) is 11.1 Å². The summed E-state index contributed by atoms with van der Waals surface area (Å²) in [7, 11) is 1.70. The summed E-state index contributed by atoms with van der Waals surface area (Å²) >= 11 is 0. The topological polar surface area (TPSA) is 77.9 Å². The second-order valence-corrected chi connectivity index (χ2v) is 6.43. The summed E-state index contributed by atoms with van der Waals surface area (Å²) in [5, 5.41) is 8.92. The largest absolute Gasteiger partial charge is 0.478 e. The van der Waals surface area contributed by atoms with Gasteiger partial charge in [-0.15, -0.1) is 0 Å². The maximum absolute atomic E-state index is 12.4. The number of nitrogens with zero attached hydrogens (tertiary/aromatic N) is 2. The van der Waals surface area contributed by atoms with Crippen LogP contribution in [0.1, 0.15) is 34.8 Å². The number of carbonyl (C=O) groups excluding carboxylic acids is 2. The molecule has 0 aliphatic heterocycles. The number of hydrogen-bond donors (Lipinski definition) is 1. The molecule has 0 heterocycles. The van der Waals surface area contributed by atoms with Crippen molar-refractivity contribution in [2.24, 2.45) is 0 Å². The summed E-state index contributed by atoms with van der Waals surface area (Å²) in [5.41, 5.74) is 2.08. The number of carbonyl (C=O) groups is 3. The van der Waals surface area contributed by atoms with E-state index in [1.807, 2.05) is 30.3 Å². The highest BCUT2D eigenvalue weighted by molar-refractivity contribution is 5.87. The molecular formula is C21H24N2O4. The minimum absolute atomic E-state index is 0.0708. The number of carboxylic acids is 1. The van der Waals surface area contributed by atoms with Crippen LogP contribution < -0.4 is 0 Å². The van der Waals surface area contributed by atoms with Crippen LogP contribution in [0.5, 0.6) is 0 Å². The third-order valence-corrected chi connectivity index (χ3v) is 4.30. The molecule has 6 nitrogen and oxygen atoms in total. The molecule has 2 amide bonds. The molecule has 0 aliphatic rings. The Morgan fingerprint density at radius 2 is 1.48 bits per heavy atom. The fourth-order valence-corrected chi connectivity index (χ4v) is 2.69. The van der Waals surface area contributed by atoms with E-state index in [1.165, 1.54) is 19.1 Å². The van der Waals surface area contributed by atoms with Crippen molar-refractivity contribution in [1.82, 2.24) is 9.80 Å². The minimum Gasteiger partial charge on any atom is -0.478 e. The lowest BCUT2D eigenvalue weighted by atomic mass is 10.1. The van der Waals surface area contributed by atoms with Crippen LogP contribution in [0.25, 0.3) is 0 Å². The van der Waals surface area contributed by atoms with Gasteiger partial charge in [0, 0.05) is 40.0 Å². The molecule has 1 N–H and O–H groups in total. The van der Waals surface area contributed by atoms with Crippen LogP contribution in [0.15, 0.2) is 54.6 Å². The molecule has 0 atom stereocenters. The van der Waals surface area contributed by atoms with Crippen molar-refractivity contribution in [1.29, 1.82) is 0 Å². The molecule has 0 unspecified atom stereocenters. The first-order valence-electron chi connectivity index (χ1n) is 8.72. The number of carboxylic acid groups (broad SMARTS) is 1. The van der Waals surface area contributed by atoms with Crippen molar-refractivity contribution < 1.29 is 19.5 Å². The summed E-state index contributed by atoms with van der Waals surface area (Å²) in [5.74, 6) is -1.12. The highest BCUT2D eigenvalue weighted by atomic mass is 16.4. The minimum atomic E-state index is -0.978. The highest BCUT2D eigenvalue weighted by Crippen LogP contribution is 2.09. The molecule has 2 aromatic carbocycles. The molecule has 2 aromatic rings. The van der Waals surface area contributed by atoms with E-state index in [0.29, 0.717) is 19.6 Å². The van der Waals surface area contributed by atoms with Gasteiger partial charge in [-0.3, -0.25) is 9.59 Å². The lowest BCUT2D eigenvalue weighted by molar-refractivity contribution is -0.133. The van der Waals surface area contributed by atoms with Gasteiger partial charge in [0.2, 0.25) is 11.8 Å². The molecule has 142 valence electrons. The second-order valence-electron chi connectivity index (χ2n) is 6.43. The predicted octanol–water partition coefficient (Wildman–Crippen LogP) is 2.78. The van der Waals surface area contributed by atoms with Crippen molar-refractivity contribution in [3.05, 3.63) is 71.3 Å². The molecule has 0 bridgehead atoms. The first-order chi connectivity index (χ1) is 12.9. The summed E-state index contributed by atoms with van der Waals surface area (Å²) in [6.45, 7) is 2.72. The van der Waals surface area contributed by atoms with E-state index >= 15 is 0 Å². The van der Waals surface area contributed by atoms with Gasteiger partial charge in [0.25, 0.3) is 0 Å². The third-order valence-electron chi connectivity index (χ3n) is 4.30. The smallest absolute Gasteiger partial charge is 0.335 e. The van der Waals surface area contributed by atoms with Gasteiger partial charge >= 0.3 is 5.97 Å². The molecule has 0 aromatic heterocycles. The van der Waals surface area contributed by atoms with Gasteiger partial charge in [0.1, 0.15) is 0 Å². The molecule has 0 fully saturated rings. The molecule has 0 spiro atoms. The molecule has 27 heavy (non-hydrogen) atoms. The van der Waals surface area contributed by atoms with E-state index in [1.54, 1.807) is 29.0 Å². The maximum atomic E-state index is 12.4. The molecule has 0 saturated heterocycles. The van der Waals surface area contributed by atoms with E-state index < -0.39 is 5.97 Å². The first-order valence-corrected chi connectivity index (χ1v) is 8.72. The highest BCUT2D eigenvalue weighted by Gasteiger charge is 2.15. The molecule has 0 radical (unpaired) electrons. The van der Waals surface area contributed by atoms with Crippen LogP contribution in [-0.4, -0.2) is 46.3 Å². The number of aromatic carboxylic acids is 1. The summed E-state index contributed by atoms with van der Waals surface area (Å²) < 4.78 is 0. The molecule has 6 heteroatoms. The summed E-state index contributed by atoms with van der Waals surface area (Å²) in [4.78, 5) is 38.4. The maximum Gasteiger partial charge on any atom is 0.335 e. The van der Waals surface area contributed by atoms with Gasteiger partial charge in [0.15, 0.2) is 0 Å². The van der Waals surface area contributed by atoms with Crippen molar-refractivity contribution in [2.75, 3.05) is 13.6 Å². The zero-order valence-corrected chi connectivity index (χ0v) is 15.6. The average Bonchev–Trinajstić information content (AvgIpc) is 2.65. The monoisotopic (exact) mass is 368 g/mol. The Kier molecular flexibility index (Phi) is 7.11.